The van der Waals surface area contributed by atoms with E-state index in [9.17, 15) is 29.0 Å². The summed E-state index contributed by atoms with van der Waals surface area (Å²) >= 11 is 0. The number of hydrogen-bond acceptors (Lipinski definition) is 9. The molecular weight excluding hydrogens is 505 g/mol. The van der Waals surface area contributed by atoms with Crippen molar-refractivity contribution in [1.29, 1.82) is 0 Å². The van der Waals surface area contributed by atoms with Crippen LogP contribution in [0.2, 0.25) is 0 Å². The lowest BCUT2D eigenvalue weighted by molar-refractivity contribution is -0.188. The van der Waals surface area contributed by atoms with Crippen molar-refractivity contribution in [2.45, 2.75) is 43.9 Å². The van der Waals surface area contributed by atoms with Crippen LogP contribution in [0.4, 0.5) is 10.2 Å². The second kappa shape index (κ2) is 10.5. The lowest BCUT2D eigenvalue weighted by Crippen LogP contribution is -2.52. The number of nitrogens with two attached hydrogens (primary N) is 1. The summed E-state index contributed by atoms with van der Waals surface area (Å²) in [5, 5.41) is 28.4. The van der Waals surface area contributed by atoms with Crippen molar-refractivity contribution >= 4 is 41.0 Å². The van der Waals surface area contributed by atoms with Gasteiger partial charge in [0.05, 0.1) is 19.0 Å². The molecule has 200 valence electrons. The number of aromatic nitrogens is 4. The minimum atomic E-state index is -2.67. The molecule has 1 aliphatic rings. The molecule has 1 aliphatic heterocycles. The van der Waals surface area contributed by atoms with E-state index < -0.39 is 55.0 Å². The first-order valence-electron chi connectivity index (χ1n) is 11.4. The Morgan fingerprint density at radius 2 is 1.89 bits per heavy atom. The molecule has 3 aromatic rings. The van der Waals surface area contributed by atoms with Crippen LogP contribution in [0.25, 0.3) is 17.2 Å². The quantitative estimate of drug-likeness (QED) is 0.219. The number of carboxylic acids is 3. The highest BCUT2D eigenvalue weighted by atomic mass is 19.1. The standard InChI is InChI=1S/C24H24FN5O8/c1-12-28-19(26)18-20(29-12)30(11-27-18)21-16(25)8-15(38-21)10-37-24(22(33)34,23(35)36)9-14-4-2-13(3-5-14)6-7-17(31)32/h2-7,11,15-16,21H,8-10H2,1H3,(H,31,32)(H,33,34)(H,35,36)(H2,26,28,29)/b7-6+. The van der Waals surface area contributed by atoms with Gasteiger partial charge in [-0.1, -0.05) is 24.3 Å². The molecule has 1 fully saturated rings. The molecule has 3 atom stereocenters. The molecule has 0 radical (unpaired) electrons. The molecule has 0 amide bonds. The Morgan fingerprint density at radius 3 is 2.53 bits per heavy atom. The third kappa shape index (κ3) is 5.31. The van der Waals surface area contributed by atoms with Gasteiger partial charge in [0.25, 0.3) is 5.60 Å². The Bertz CT molecular complexity index is 1390. The van der Waals surface area contributed by atoms with Crippen LogP contribution in [0, 0.1) is 6.92 Å². The van der Waals surface area contributed by atoms with Gasteiger partial charge in [-0.05, 0) is 24.1 Å². The second-order valence-electron chi connectivity index (χ2n) is 8.72. The maximum absolute atomic E-state index is 15.0. The van der Waals surface area contributed by atoms with Crippen molar-refractivity contribution in [1.82, 2.24) is 19.5 Å². The summed E-state index contributed by atoms with van der Waals surface area (Å²) in [7, 11) is 0. The minimum absolute atomic E-state index is 0.123. The minimum Gasteiger partial charge on any atom is -0.479 e. The lowest BCUT2D eigenvalue weighted by atomic mass is 9.93. The molecule has 13 nitrogen and oxygen atoms in total. The van der Waals surface area contributed by atoms with E-state index in [1.807, 2.05) is 0 Å². The highest BCUT2D eigenvalue weighted by Gasteiger charge is 2.50. The lowest BCUT2D eigenvalue weighted by Gasteiger charge is -2.27. The van der Waals surface area contributed by atoms with Crippen molar-refractivity contribution in [2.24, 2.45) is 0 Å². The maximum Gasteiger partial charge on any atom is 0.348 e. The zero-order chi connectivity index (χ0) is 27.6. The molecular formula is C24H24FN5O8. The molecule has 14 heteroatoms. The number of carboxylic acid groups (broad SMARTS) is 3. The van der Waals surface area contributed by atoms with Crippen molar-refractivity contribution < 1.29 is 43.6 Å². The van der Waals surface area contributed by atoms with Gasteiger partial charge >= 0.3 is 17.9 Å². The third-order valence-corrected chi connectivity index (χ3v) is 6.02. The fourth-order valence-corrected chi connectivity index (χ4v) is 4.14. The Morgan fingerprint density at radius 1 is 1.21 bits per heavy atom. The van der Waals surface area contributed by atoms with Gasteiger partial charge in [-0.25, -0.2) is 33.7 Å². The van der Waals surface area contributed by atoms with E-state index >= 15 is 0 Å². The average Bonchev–Trinajstić information content (AvgIpc) is 3.43. The predicted molar refractivity (Wildman–Crippen MR) is 129 cm³/mol. The molecule has 38 heavy (non-hydrogen) atoms. The number of rotatable bonds is 10. The number of aryl methyl sites for hydroxylation is 1. The first-order valence-corrected chi connectivity index (χ1v) is 11.4. The summed E-state index contributed by atoms with van der Waals surface area (Å²) in [6, 6.07) is 5.94. The van der Waals surface area contributed by atoms with Gasteiger partial charge in [0.15, 0.2) is 17.7 Å². The molecule has 1 aromatic carbocycles. The van der Waals surface area contributed by atoms with Crippen molar-refractivity contribution in [3.63, 3.8) is 0 Å². The van der Waals surface area contributed by atoms with Crippen LogP contribution in [-0.2, 0) is 30.3 Å². The third-order valence-electron chi connectivity index (χ3n) is 6.02. The highest BCUT2D eigenvalue weighted by Crippen LogP contribution is 2.35. The number of ether oxygens (including phenoxy) is 2. The Labute approximate surface area is 214 Å². The van der Waals surface area contributed by atoms with Crippen molar-refractivity contribution in [2.75, 3.05) is 12.3 Å². The van der Waals surface area contributed by atoms with Gasteiger partial charge in [-0.15, -0.1) is 0 Å². The summed E-state index contributed by atoms with van der Waals surface area (Å²) in [6.07, 6.45) is -0.846. The van der Waals surface area contributed by atoms with Gasteiger partial charge in [0.2, 0.25) is 0 Å². The zero-order valence-corrected chi connectivity index (χ0v) is 20.0. The summed E-state index contributed by atoms with van der Waals surface area (Å²) in [5.74, 6) is -4.15. The van der Waals surface area contributed by atoms with Crippen LogP contribution in [0.15, 0.2) is 36.7 Å². The zero-order valence-electron chi connectivity index (χ0n) is 20.0. The predicted octanol–water partition coefficient (Wildman–Crippen LogP) is 1.61. The highest BCUT2D eigenvalue weighted by molar-refractivity contribution is 6.02. The normalized spacial score (nSPS) is 19.8. The summed E-state index contributed by atoms with van der Waals surface area (Å²) in [6.45, 7) is 1.10. The monoisotopic (exact) mass is 529 g/mol. The fourth-order valence-electron chi connectivity index (χ4n) is 4.14. The number of carbonyl (C=O) groups is 3. The SMILES string of the molecule is Cc1nc(N)c2ncn(C3OC(COC(Cc4ccc(/C=C/C(=O)O)cc4)(C(=O)O)C(=O)O)CC3F)c2n1. The van der Waals surface area contributed by atoms with Gasteiger partial charge in [-0.3, -0.25) is 4.57 Å². The molecule has 0 aliphatic carbocycles. The second-order valence-corrected chi connectivity index (χ2v) is 8.72. The molecule has 5 N–H and O–H groups in total. The summed E-state index contributed by atoms with van der Waals surface area (Å²) in [4.78, 5) is 47.3. The number of fused-ring (bicyclic) bond motifs is 1. The number of nitrogen functional groups attached to an aromatic ring is 1. The van der Waals surface area contributed by atoms with Crippen molar-refractivity contribution in [3.05, 3.63) is 53.6 Å². The topological polar surface area (TPSA) is 200 Å². The van der Waals surface area contributed by atoms with Gasteiger partial charge in [0, 0.05) is 18.9 Å². The maximum atomic E-state index is 15.0. The number of benzene rings is 1. The number of anilines is 1. The number of nitrogens with zero attached hydrogens (tertiary/aromatic N) is 4. The largest absolute Gasteiger partial charge is 0.479 e. The van der Waals surface area contributed by atoms with Crippen LogP contribution in [0.3, 0.4) is 0 Å². The van der Waals surface area contributed by atoms with E-state index in [0.717, 1.165) is 6.08 Å². The molecule has 0 saturated carbocycles. The van der Waals surface area contributed by atoms with Crippen LogP contribution in [0.1, 0.15) is 29.6 Å². The number of imidazole rings is 1. The number of aliphatic carboxylic acids is 3. The van der Waals surface area contributed by atoms with Crippen LogP contribution in [-0.4, -0.2) is 77.2 Å². The summed E-state index contributed by atoms with van der Waals surface area (Å²) in [5.41, 5.74) is 4.55. The fraction of sp³-hybridized carbons (Fsp3) is 0.333. The Balaban J connectivity index is 1.50. The van der Waals surface area contributed by atoms with E-state index in [4.69, 9.17) is 20.3 Å². The van der Waals surface area contributed by atoms with E-state index in [1.54, 1.807) is 6.92 Å². The number of hydrogen-bond donors (Lipinski definition) is 4. The van der Waals surface area contributed by atoms with Crippen LogP contribution in [0.5, 0.6) is 0 Å². The molecule has 0 spiro atoms. The molecule has 3 heterocycles. The van der Waals surface area contributed by atoms with E-state index in [1.165, 1.54) is 41.2 Å². The molecule has 2 aromatic heterocycles. The first kappa shape index (κ1) is 26.6. The smallest absolute Gasteiger partial charge is 0.348 e. The van der Waals surface area contributed by atoms with Crippen LogP contribution < -0.4 is 5.73 Å². The molecule has 1 saturated heterocycles. The van der Waals surface area contributed by atoms with E-state index in [0.29, 0.717) is 17.0 Å². The first-order chi connectivity index (χ1) is 18.0. The van der Waals surface area contributed by atoms with Gasteiger partial charge in [-0.2, -0.15) is 0 Å². The van der Waals surface area contributed by atoms with Gasteiger partial charge < -0.3 is 30.5 Å². The molecule has 4 rings (SSSR count). The molecule has 3 unspecified atom stereocenters. The van der Waals surface area contributed by atoms with Gasteiger partial charge in [0.1, 0.15) is 17.5 Å². The van der Waals surface area contributed by atoms with Crippen LogP contribution >= 0.6 is 0 Å². The van der Waals surface area contributed by atoms with E-state index in [2.05, 4.69) is 15.0 Å². The average molecular weight is 529 g/mol. The Kier molecular flexibility index (Phi) is 7.37. The number of alkyl halides is 1. The molecule has 0 bridgehead atoms. The van der Waals surface area contributed by atoms with E-state index in [-0.39, 0.29) is 23.4 Å². The summed E-state index contributed by atoms with van der Waals surface area (Å²) < 4.78 is 27.5. The number of halogens is 1. The van der Waals surface area contributed by atoms with Crippen molar-refractivity contribution in [3.8, 4) is 0 Å². The Hall–Kier alpha value is -4.43.